The molecule has 0 bridgehead atoms. The van der Waals surface area contributed by atoms with Crippen LogP contribution in [0.15, 0.2) is 30.3 Å². The average molecular weight is 271 g/mol. The second kappa shape index (κ2) is 6.38. The van der Waals surface area contributed by atoms with Gasteiger partial charge >= 0.3 is 5.97 Å². The molecule has 0 saturated carbocycles. The lowest BCUT2D eigenvalue weighted by molar-refractivity contribution is -0.124. The van der Waals surface area contributed by atoms with Gasteiger partial charge in [0.1, 0.15) is 5.69 Å². The fourth-order valence-corrected chi connectivity index (χ4v) is 1.70. The van der Waals surface area contributed by atoms with Crippen molar-refractivity contribution in [3.05, 3.63) is 36.0 Å². The summed E-state index contributed by atoms with van der Waals surface area (Å²) in [5, 5.41) is 11.7. The lowest BCUT2D eigenvalue weighted by Gasteiger charge is -2.03. The molecule has 0 aliphatic rings. The highest BCUT2D eigenvalue weighted by molar-refractivity contribution is 5.95. The Morgan fingerprint density at radius 2 is 2.15 bits per heavy atom. The summed E-state index contributed by atoms with van der Waals surface area (Å²) in [4.78, 5) is 26.0. The van der Waals surface area contributed by atoms with Crippen molar-refractivity contribution in [1.82, 2.24) is 10.3 Å². The average Bonchev–Trinajstić information content (AvgIpc) is 2.89. The summed E-state index contributed by atoms with van der Waals surface area (Å²) in [6, 6.07) is 11.0. The molecule has 0 radical (unpaired) electrons. The van der Waals surface area contributed by atoms with Gasteiger partial charge in [0, 0.05) is 17.4 Å². The molecular formula is C14H13N3O3. The Morgan fingerprint density at radius 1 is 1.35 bits per heavy atom. The largest absolute Gasteiger partial charge is 0.451 e. The molecule has 1 heterocycles. The molecule has 0 atom stereocenters. The Balaban J connectivity index is 1.89. The van der Waals surface area contributed by atoms with Gasteiger partial charge in [0.25, 0.3) is 5.91 Å². The Bertz CT molecular complexity index is 637. The summed E-state index contributed by atoms with van der Waals surface area (Å²) in [5.41, 5.74) is 1.13. The molecule has 0 aliphatic heterocycles. The molecule has 0 fully saturated rings. The van der Waals surface area contributed by atoms with Gasteiger partial charge in [-0.25, -0.2) is 4.79 Å². The molecule has 20 heavy (non-hydrogen) atoms. The Hall–Kier alpha value is -2.81. The van der Waals surface area contributed by atoms with Gasteiger partial charge in [-0.3, -0.25) is 4.79 Å². The standard InChI is InChI=1S/C14H13N3O3/c15-6-3-7-16-13(18)9-20-14(19)12-8-10-4-1-2-5-11(10)17-12/h1-2,4-5,8,17H,3,7,9H2,(H,16,18). The number of nitriles is 1. The summed E-state index contributed by atoms with van der Waals surface area (Å²) < 4.78 is 4.88. The number of nitrogens with one attached hydrogen (secondary N) is 2. The first-order chi connectivity index (χ1) is 9.70. The molecule has 0 saturated heterocycles. The van der Waals surface area contributed by atoms with Gasteiger partial charge in [0.15, 0.2) is 6.61 Å². The number of benzene rings is 1. The molecule has 0 spiro atoms. The van der Waals surface area contributed by atoms with E-state index in [0.717, 1.165) is 10.9 Å². The molecule has 2 aromatic rings. The topological polar surface area (TPSA) is 95.0 Å². The summed E-state index contributed by atoms with van der Waals surface area (Å²) in [6.07, 6.45) is 0.224. The SMILES string of the molecule is N#CCCNC(=O)COC(=O)c1cc2ccccc2[nH]1. The number of rotatable bonds is 5. The second-order valence-corrected chi connectivity index (χ2v) is 4.10. The number of ether oxygens (including phenoxy) is 1. The number of hydrogen-bond donors (Lipinski definition) is 2. The molecule has 6 nitrogen and oxygen atoms in total. The van der Waals surface area contributed by atoms with Crippen molar-refractivity contribution >= 4 is 22.8 Å². The van der Waals surface area contributed by atoms with Gasteiger partial charge in [-0.1, -0.05) is 18.2 Å². The summed E-state index contributed by atoms with van der Waals surface area (Å²) >= 11 is 0. The van der Waals surface area contributed by atoms with E-state index in [-0.39, 0.29) is 19.6 Å². The van der Waals surface area contributed by atoms with E-state index >= 15 is 0 Å². The number of aromatic amines is 1. The Morgan fingerprint density at radius 3 is 2.90 bits per heavy atom. The van der Waals surface area contributed by atoms with Crippen LogP contribution in [-0.2, 0) is 9.53 Å². The third-order valence-corrected chi connectivity index (χ3v) is 2.64. The molecule has 1 aromatic heterocycles. The van der Waals surface area contributed by atoms with Crippen molar-refractivity contribution in [2.75, 3.05) is 13.2 Å². The van der Waals surface area contributed by atoms with Gasteiger partial charge in [0.2, 0.25) is 0 Å². The van der Waals surface area contributed by atoms with Crippen LogP contribution < -0.4 is 5.32 Å². The van der Waals surface area contributed by atoms with Crippen LogP contribution in [0, 0.1) is 11.3 Å². The van der Waals surface area contributed by atoms with Crippen LogP contribution >= 0.6 is 0 Å². The number of aromatic nitrogens is 1. The quantitative estimate of drug-likeness (QED) is 0.634. The third kappa shape index (κ3) is 3.36. The first-order valence-electron chi connectivity index (χ1n) is 6.09. The van der Waals surface area contributed by atoms with Crippen molar-refractivity contribution in [3.63, 3.8) is 0 Å². The van der Waals surface area contributed by atoms with E-state index in [9.17, 15) is 9.59 Å². The molecule has 1 aromatic carbocycles. The van der Waals surface area contributed by atoms with Crippen molar-refractivity contribution in [3.8, 4) is 6.07 Å². The van der Waals surface area contributed by atoms with Crippen molar-refractivity contribution in [1.29, 1.82) is 5.26 Å². The Kier molecular flexibility index (Phi) is 4.35. The maximum Gasteiger partial charge on any atom is 0.355 e. The summed E-state index contributed by atoms with van der Waals surface area (Å²) in [6.45, 7) is -0.112. The molecule has 1 amide bonds. The minimum atomic E-state index is -0.586. The number of H-pyrrole nitrogens is 1. The van der Waals surface area contributed by atoms with E-state index in [0.29, 0.717) is 5.69 Å². The lowest BCUT2D eigenvalue weighted by Crippen LogP contribution is -2.29. The molecule has 6 heteroatoms. The number of carbonyl (C=O) groups excluding carboxylic acids is 2. The monoisotopic (exact) mass is 271 g/mol. The van der Waals surface area contributed by atoms with Crippen LogP contribution in [0.25, 0.3) is 10.9 Å². The highest BCUT2D eigenvalue weighted by Crippen LogP contribution is 2.15. The molecule has 2 N–H and O–H groups in total. The van der Waals surface area contributed by atoms with Crippen LogP contribution in [0.3, 0.4) is 0 Å². The first kappa shape index (κ1) is 13.6. The van der Waals surface area contributed by atoms with E-state index in [1.165, 1.54) is 0 Å². The molecule has 0 unspecified atom stereocenters. The number of nitrogens with zero attached hydrogens (tertiary/aromatic N) is 1. The number of para-hydroxylation sites is 1. The summed E-state index contributed by atoms with van der Waals surface area (Å²) in [5.74, 6) is -1.01. The van der Waals surface area contributed by atoms with E-state index < -0.39 is 11.9 Å². The molecule has 102 valence electrons. The zero-order chi connectivity index (χ0) is 14.4. The minimum absolute atomic E-state index is 0.224. The number of amides is 1. The second-order valence-electron chi connectivity index (χ2n) is 4.10. The van der Waals surface area contributed by atoms with Crippen molar-refractivity contribution in [2.24, 2.45) is 0 Å². The van der Waals surface area contributed by atoms with Crippen LogP contribution in [-0.4, -0.2) is 30.0 Å². The normalized spacial score (nSPS) is 9.95. The third-order valence-electron chi connectivity index (χ3n) is 2.64. The number of esters is 1. The zero-order valence-corrected chi connectivity index (χ0v) is 10.7. The van der Waals surface area contributed by atoms with Crippen molar-refractivity contribution < 1.29 is 14.3 Å². The van der Waals surface area contributed by atoms with E-state index in [4.69, 9.17) is 10.00 Å². The van der Waals surface area contributed by atoms with Gasteiger partial charge in [0.05, 0.1) is 12.5 Å². The maximum atomic E-state index is 11.8. The summed E-state index contributed by atoms with van der Waals surface area (Å²) in [7, 11) is 0. The fourth-order valence-electron chi connectivity index (χ4n) is 1.70. The zero-order valence-electron chi connectivity index (χ0n) is 10.7. The molecular weight excluding hydrogens is 258 g/mol. The minimum Gasteiger partial charge on any atom is -0.451 e. The van der Waals surface area contributed by atoms with Crippen LogP contribution in [0.4, 0.5) is 0 Å². The number of hydrogen-bond acceptors (Lipinski definition) is 4. The fraction of sp³-hybridized carbons (Fsp3) is 0.214. The van der Waals surface area contributed by atoms with Gasteiger partial charge in [-0.15, -0.1) is 0 Å². The van der Waals surface area contributed by atoms with E-state index in [1.54, 1.807) is 6.07 Å². The van der Waals surface area contributed by atoms with Crippen LogP contribution in [0.2, 0.25) is 0 Å². The molecule has 0 aliphatic carbocycles. The number of carbonyl (C=O) groups is 2. The smallest absolute Gasteiger partial charge is 0.355 e. The van der Waals surface area contributed by atoms with Crippen LogP contribution in [0.1, 0.15) is 16.9 Å². The van der Waals surface area contributed by atoms with E-state index in [2.05, 4.69) is 10.3 Å². The lowest BCUT2D eigenvalue weighted by atomic mass is 10.2. The first-order valence-corrected chi connectivity index (χ1v) is 6.09. The highest BCUT2D eigenvalue weighted by Gasteiger charge is 2.12. The van der Waals surface area contributed by atoms with Gasteiger partial charge in [-0.05, 0) is 12.1 Å². The Labute approximate surface area is 115 Å². The number of fused-ring (bicyclic) bond motifs is 1. The van der Waals surface area contributed by atoms with Crippen molar-refractivity contribution in [2.45, 2.75) is 6.42 Å². The predicted octanol–water partition coefficient (Wildman–Crippen LogP) is 1.35. The maximum absolute atomic E-state index is 11.8. The van der Waals surface area contributed by atoms with Crippen LogP contribution in [0.5, 0.6) is 0 Å². The van der Waals surface area contributed by atoms with Gasteiger partial charge < -0.3 is 15.0 Å². The van der Waals surface area contributed by atoms with Gasteiger partial charge in [-0.2, -0.15) is 5.26 Å². The van der Waals surface area contributed by atoms with E-state index in [1.807, 2.05) is 30.3 Å². The highest BCUT2D eigenvalue weighted by atomic mass is 16.5. The molecule has 2 rings (SSSR count). The predicted molar refractivity (Wildman–Crippen MR) is 71.8 cm³/mol.